The van der Waals surface area contributed by atoms with Crippen molar-refractivity contribution in [2.75, 3.05) is 20.8 Å². The van der Waals surface area contributed by atoms with Crippen molar-refractivity contribution in [3.05, 3.63) is 52.5 Å². The molecule has 7 heteroatoms. The molecule has 0 amide bonds. The van der Waals surface area contributed by atoms with E-state index in [-0.39, 0.29) is 16.9 Å². The van der Waals surface area contributed by atoms with Crippen LogP contribution < -0.4 is 9.47 Å². The van der Waals surface area contributed by atoms with Crippen molar-refractivity contribution >= 4 is 21.6 Å². The van der Waals surface area contributed by atoms with Crippen molar-refractivity contribution in [3.8, 4) is 11.5 Å². The Morgan fingerprint density at radius 3 is 2.19 bits per heavy atom. The number of halogens is 1. The van der Waals surface area contributed by atoms with Crippen LogP contribution in [0, 0.1) is 0 Å². The second-order valence-electron chi connectivity index (χ2n) is 6.98. The van der Waals surface area contributed by atoms with Crippen molar-refractivity contribution < 1.29 is 17.9 Å². The lowest BCUT2D eigenvalue weighted by Crippen LogP contribution is -2.45. The Balaban J connectivity index is 2.05. The van der Waals surface area contributed by atoms with Gasteiger partial charge in [0.1, 0.15) is 0 Å². The summed E-state index contributed by atoms with van der Waals surface area (Å²) >= 11 is 5.89. The number of rotatable bonds is 4. The van der Waals surface area contributed by atoms with Crippen LogP contribution in [-0.4, -0.2) is 33.5 Å². The van der Waals surface area contributed by atoms with Crippen LogP contribution >= 0.6 is 11.6 Å². The summed E-state index contributed by atoms with van der Waals surface area (Å²) in [6, 6.07) is 10.1. The van der Waals surface area contributed by atoms with E-state index >= 15 is 0 Å². The average molecular weight is 396 g/mol. The molecule has 3 rings (SSSR count). The summed E-state index contributed by atoms with van der Waals surface area (Å²) in [5.74, 6) is 1.24. The zero-order valence-corrected chi connectivity index (χ0v) is 16.8. The predicted octanol–water partition coefficient (Wildman–Crippen LogP) is 3.84. The molecule has 0 spiro atoms. The molecule has 26 heavy (non-hydrogen) atoms. The van der Waals surface area contributed by atoms with Crippen LogP contribution in [0.3, 0.4) is 0 Å². The van der Waals surface area contributed by atoms with Gasteiger partial charge in [0.25, 0.3) is 0 Å². The Kier molecular flexibility index (Phi) is 4.94. The zero-order chi connectivity index (χ0) is 19.1. The van der Waals surface area contributed by atoms with Gasteiger partial charge in [0.15, 0.2) is 11.5 Å². The second kappa shape index (κ2) is 6.76. The maximum absolute atomic E-state index is 13.1. The van der Waals surface area contributed by atoms with E-state index in [9.17, 15) is 8.42 Å². The Morgan fingerprint density at radius 2 is 1.62 bits per heavy atom. The highest BCUT2D eigenvalue weighted by atomic mass is 35.5. The molecule has 0 aromatic heterocycles. The van der Waals surface area contributed by atoms with E-state index < -0.39 is 10.0 Å². The van der Waals surface area contributed by atoms with Crippen molar-refractivity contribution in [2.24, 2.45) is 0 Å². The van der Waals surface area contributed by atoms with Crippen LogP contribution in [0.15, 0.2) is 41.3 Å². The van der Waals surface area contributed by atoms with Crippen LogP contribution in [0.4, 0.5) is 0 Å². The molecular formula is C19H22ClNO4S. The van der Waals surface area contributed by atoms with Crippen molar-refractivity contribution in [1.82, 2.24) is 4.31 Å². The minimum Gasteiger partial charge on any atom is -0.493 e. The molecule has 0 fully saturated rings. The average Bonchev–Trinajstić information content (AvgIpc) is 2.60. The highest BCUT2D eigenvalue weighted by Gasteiger charge is 2.38. The predicted molar refractivity (Wildman–Crippen MR) is 102 cm³/mol. The Bertz CT molecular complexity index is 923. The summed E-state index contributed by atoms with van der Waals surface area (Å²) in [6.45, 7) is 4.72. The van der Waals surface area contributed by atoms with E-state index in [0.717, 1.165) is 11.1 Å². The second-order valence-corrected chi connectivity index (χ2v) is 9.35. The number of sulfonamides is 1. The van der Waals surface area contributed by atoms with Gasteiger partial charge in [-0.15, -0.1) is 0 Å². The van der Waals surface area contributed by atoms with E-state index in [2.05, 4.69) is 0 Å². The first-order valence-corrected chi connectivity index (χ1v) is 10.0. The van der Waals surface area contributed by atoms with Gasteiger partial charge in [-0.05, 0) is 47.5 Å². The lowest BCUT2D eigenvalue weighted by Gasteiger charge is -2.39. The Hall–Kier alpha value is -1.76. The summed E-state index contributed by atoms with van der Waals surface area (Å²) < 4.78 is 38.5. The smallest absolute Gasteiger partial charge is 0.243 e. The summed E-state index contributed by atoms with van der Waals surface area (Å²) in [7, 11) is -0.461. The molecule has 0 atom stereocenters. The molecule has 0 saturated heterocycles. The van der Waals surface area contributed by atoms with Crippen molar-refractivity contribution in [3.63, 3.8) is 0 Å². The van der Waals surface area contributed by atoms with Gasteiger partial charge in [-0.25, -0.2) is 8.42 Å². The highest BCUT2D eigenvalue weighted by molar-refractivity contribution is 7.89. The third kappa shape index (κ3) is 3.29. The van der Waals surface area contributed by atoms with Crippen molar-refractivity contribution in [2.45, 2.75) is 30.7 Å². The fourth-order valence-electron chi connectivity index (χ4n) is 3.38. The minimum absolute atomic E-state index is 0.238. The summed E-state index contributed by atoms with van der Waals surface area (Å²) in [5, 5.41) is 0.505. The van der Waals surface area contributed by atoms with E-state index in [1.165, 1.54) is 16.4 Å². The van der Waals surface area contributed by atoms with Crippen LogP contribution in [0.2, 0.25) is 5.02 Å². The number of ether oxygens (including phenoxy) is 2. The fraction of sp³-hybridized carbons (Fsp3) is 0.368. The number of methoxy groups -OCH3 is 2. The third-order valence-corrected chi connectivity index (χ3v) is 6.77. The van der Waals surface area contributed by atoms with Gasteiger partial charge in [0, 0.05) is 23.5 Å². The first-order valence-electron chi connectivity index (χ1n) is 8.20. The van der Waals surface area contributed by atoms with Gasteiger partial charge >= 0.3 is 0 Å². The van der Waals surface area contributed by atoms with Gasteiger partial charge in [0.2, 0.25) is 10.0 Å². The molecule has 2 aromatic rings. The van der Waals surface area contributed by atoms with Crippen LogP contribution in [0.1, 0.15) is 25.0 Å². The van der Waals surface area contributed by atoms with Crippen LogP contribution in [0.5, 0.6) is 11.5 Å². The lowest BCUT2D eigenvalue weighted by atomic mass is 9.79. The van der Waals surface area contributed by atoms with Crippen molar-refractivity contribution in [1.29, 1.82) is 0 Å². The largest absolute Gasteiger partial charge is 0.493 e. The van der Waals surface area contributed by atoms with Gasteiger partial charge in [-0.2, -0.15) is 4.31 Å². The number of hydrogen-bond acceptors (Lipinski definition) is 4. The Morgan fingerprint density at radius 1 is 1.04 bits per heavy atom. The van der Waals surface area contributed by atoms with Gasteiger partial charge in [-0.3, -0.25) is 0 Å². The summed E-state index contributed by atoms with van der Waals surface area (Å²) in [4.78, 5) is 0.238. The molecule has 0 unspecified atom stereocenters. The fourth-order valence-corrected chi connectivity index (χ4v) is 5.09. The maximum atomic E-state index is 13.1. The highest BCUT2D eigenvalue weighted by Crippen LogP contribution is 2.41. The van der Waals surface area contributed by atoms with Crippen LogP contribution in [0.25, 0.3) is 0 Å². The van der Waals surface area contributed by atoms with E-state index in [0.29, 0.717) is 23.1 Å². The SMILES string of the molecule is COc1cc2c(cc1OC)C(C)(C)CN(S(=O)(=O)c1ccc(Cl)cc1)C2. The molecule has 1 heterocycles. The molecule has 0 radical (unpaired) electrons. The molecule has 0 N–H and O–H groups in total. The maximum Gasteiger partial charge on any atom is 0.243 e. The van der Waals surface area contributed by atoms with Gasteiger partial charge in [0.05, 0.1) is 19.1 Å². The number of benzene rings is 2. The molecule has 0 saturated carbocycles. The molecule has 1 aliphatic heterocycles. The molecule has 140 valence electrons. The van der Waals surface area contributed by atoms with E-state index in [4.69, 9.17) is 21.1 Å². The number of hydrogen-bond donors (Lipinski definition) is 0. The molecular weight excluding hydrogens is 374 g/mol. The quantitative estimate of drug-likeness (QED) is 0.789. The Labute approximate surface area is 159 Å². The summed E-state index contributed by atoms with van der Waals surface area (Å²) in [5.41, 5.74) is 1.61. The number of fused-ring (bicyclic) bond motifs is 1. The number of nitrogens with zero attached hydrogens (tertiary/aromatic N) is 1. The first-order chi connectivity index (χ1) is 12.2. The standard InChI is InChI=1S/C19H22ClNO4S/c1-19(2)12-21(26(22,23)15-7-5-14(20)6-8-15)11-13-9-17(24-3)18(25-4)10-16(13)19/h5-10H,11-12H2,1-4H3. The monoisotopic (exact) mass is 395 g/mol. The molecule has 1 aliphatic rings. The minimum atomic E-state index is -3.63. The molecule has 2 aromatic carbocycles. The summed E-state index contributed by atoms with van der Waals surface area (Å²) in [6.07, 6.45) is 0. The van der Waals surface area contributed by atoms with Gasteiger partial charge in [-0.1, -0.05) is 25.4 Å². The molecule has 0 aliphatic carbocycles. The van der Waals surface area contributed by atoms with E-state index in [1.807, 2.05) is 26.0 Å². The van der Waals surface area contributed by atoms with Crippen LogP contribution in [-0.2, 0) is 22.0 Å². The molecule has 5 nitrogen and oxygen atoms in total. The van der Waals surface area contributed by atoms with Gasteiger partial charge < -0.3 is 9.47 Å². The van der Waals surface area contributed by atoms with E-state index in [1.54, 1.807) is 26.4 Å². The zero-order valence-electron chi connectivity index (χ0n) is 15.2. The normalized spacial score (nSPS) is 16.8. The third-order valence-electron chi connectivity index (χ3n) is 4.71. The topological polar surface area (TPSA) is 55.8 Å². The molecule has 0 bridgehead atoms. The lowest BCUT2D eigenvalue weighted by molar-refractivity contribution is 0.294. The first kappa shape index (κ1) is 19.0.